The van der Waals surface area contributed by atoms with Crippen molar-refractivity contribution < 1.29 is 19.8 Å². The third-order valence-electron chi connectivity index (χ3n) is 2.68. The first-order valence-corrected chi connectivity index (χ1v) is 4.56. The molecule has 0 bridgehead atoms. The summed E-state index contributed by atoms with van der Waals surface area (Å²) >= 11 is 0. The van der Waals surface area contributed by atoms with Crippen LogP contribution in [0.3, 0.4) is 0 Å². The predicted molar refractivity (Wildman–Crippen MR) is 45.7 cm³/mol. The predicted octanol–water partition coefficient (Wildman–Crippen LogP) is -1.06. The van der Waals surface area contributed by atoms with Crippen molar-refractivity contribution in [2.24, 2.45) is 0 Å². The van der Waals surface area contributed by atoms with Gasteiger partial charge in [0.05, 0.1) is 19.2 Å². The number of carbonyl (C=O) groups is 2. The normalized spacial score (nSPS) is 26.8. The number of likely N-dealkylation sites (tertiary alicyclic amines) is 2. The second-order valence-electron chi connectivity index (χ2n) is 3.68. The van der Waals surface area contributed by atoms with E-state index in [1.807, 2.05) is 0 Å². The monoisotopic (exact) mass is 200 g/mol. The topological polar surface area (TPSA) is 81.1 Å². The summed E-state index contributed by atoms with van der Waals surface area (Å²) in [4.78, 5) is 25.0. The molecule has 2 amide bonds. The van der Waals surface area contributed by atoms with Gasteiger partial charge >= 0.3 is 12.0 Å². The Labute approximate surface area is 80.7 Å². The van der Waals surface area contributed by atoms with Crippen molar-refractivity contribution in [3.8, 4) is 0 Å². The van der Waals surface area contributed by atoms with Crippen LogP contribution in [0, 0.1) is 0 Å². The standard InChI is InChI=1S/C8H12N2O4/c11-5-3-9(4-5)8(14)10-2-1-6(10)7(12)13/h5-6,11H,1-4H2,(H,12,13). The number of hydrogen-bond donors (Lipinski definition) is 2. The number of nitrogens with zero attached hydrogens (tertiary/aromatic N) is 2. The fourth-order valence-electron chi connectivity index (χ4n) is 1.67. The molecule has 0 saturated carbocycles. The smallest absolute Gasteiger partial charge is 0.326 e. The van der Waals surface area contributed by atoms with E-state index in [1.54, 1.807) is 0 Å². The van der Waals surface area contributed by atoms with Crippen LogP contribution < -0.4 is 0 Å². The van der Waals surface area contributed by atoms with Crippen molar-refractivity contribution >= 4 is 12.0 Å². The largest absolute Gasteiger partial charge is 0.480 e. The lowest BCUT2D eigenvalue weighted by molar-refractivity contribution is -0.146. The van der Waals surface area contributed by atoms with Gasteiger partial charge in [0.2, 0.25) is 0 Å². The number of hydrogen-bond acceptors (Lipinski definition) is 3. The lowest BCUT2D eigenvalue weighted by atomic mass is 10.0. The zero-order valence-electron chi connectivity index (χ0n) is 7.59. The summed E-state index contributed by atoms with van der Waals surface area (Å²) in [5, 5.41) is 17.7. The number of rotatable bonds is 1. The first-order valence-electron chi connectivity index (χ1n) is 4.56. The van der Waals surface area contributed by atoms with E-state index in [2.05, 4.69) is 0 Å². The molecule has 6 heteroatoms. The van der Waals surface area contributed by atoms with Gasteiger partial charge in [-0.3, -0.25) is 0 Å². The summed E-state index contributed by atoms with van der Waals surface area (Å²) in [5.74, 6) is -0.953. The number of urea groups is 1. The van der Waals surface area contributed by atoms with Gasteiger partial charge in [-0.05, 0) is 6.42 Å². The molecule has 6 nitrogen and oxygen atoms in total. The second kappa shape index (κ2) is 3.13. The fourth-order valence-corrected chi connectivity index (χ4v) is 1.67. The van der Waals surface area contributed by atoms with Crippen LogP contribution in [-0.4, -0.2) is 63.8 Å². The third-order valence-corrected chi connectivity index (χ3v) is 2.68. The molecule has 14 heavy (non-hydrogen) atoms. The average molecular weight is 200 g/mol. The summed E-state index contributed by atoms with van der Waals surface area (Å²) < 4.78 is 0. The lowest BCUT2D eigenvalue weighted by Gasteiger charge is -2.45. The summed E-state index contributed by atoms with van der Waals surface area (Å²) in [6.45, 7) is 1.14. The van der Waals surface area contributed by atoms with E-state index in [-0.39, 0.29) is 6.03 Å². The number of amides is 2. The minimum absolute atomic E-state index is 0.269. The molecule has 2 fully saturated rings. The minimum atomic E-state index is -0.953. The fraction of sp³-hybridized carbons (Fsp3) is 0.750. The van der Waals surface area contributed by atoms with E-state index in [1.165, 1.54) is 9.80 Å². The van der Waals surface area contributed by atoms with E-state index in [9.17, 15) is 9.59 Å². The van der Waals surface area contributed by atoms with Crippen molar-refractivity contribution in [1.82, 2.24) is 9.80 Å². The maximum absolute atomic E-state index is 11.5. The number of aliphatic hydroxyl groups is 1. The highest BCUT2D eigenvalue weighted by Crippen LogP contribution is 2.21. The molecule has 2 rings (SSSR count). The van der Waals surface area contributed by atoms with E-state index >= 15 is 0 Å². The van der Waals surface area contributed by atoms with Crippen LogP contribution in [0.25, 0.3) is 0 Å². The maximum atomic E-state index is 11.5. The number of carboxylic acids is 1. The molecule has 2 N–H and O–H groups in total. The van der Waals surface area contributed by atoms with Crippen molar-refractivity contribution in [2.75, 3.05) is 19.6 Å². The highest BCUT2D eigenvalue weighted by molar-refractivity contribution is 5.84. The van der Waals surface area contributed by atoms with E-state index in [4.69, 9.17) is 10.2 Å². The van der Waals surface area contributed by atoms with Gasteiger partial charge in [0.15, 0.2) is 0 Å². The molecule has 1 unspecified atom stereocenters. The molecule has 0 aromatic rings. The Morgan fingerprint density at radius 1 is 1.29 bits per heavy atom. The Morgan fingerprint density at radius 2 is 1.93 bits per heavy atom. The van der Waals surface area contributed by atoms with Crippen LogP contribution in [0.15, 0.2) is 0 Å². The first-order chi connectivity index (χ1) is 6.59. The zero-order valence-corrected chi connectivity index (χ0v) is 7.59. The molecular weight excluding hydrogens is 188 g/mol. The van der Waals surface area contributed by atoms with Gasteiger partial charge in [-0.2, -0.15) is 0 Å². The van der Waals surface area contributed by atoms with Crippen LogP contribution in [0.1, 0.15) is 6.42 Å². The Hall–Kier alpha value is -1.30. The summed E-state index contributed by atoms with van der Waals surface area (Å²) in [6, 6.07) is -0.936. The SMILES string of the molecule is O=C(O)C1CCN1C(=O)N1CC(O)C1. The van der Waals surface area contributed by atoms with Crippen LogP contribution in [0.5, 0.6) is 0 Å². The molecule has 2 aliphatic heterocycles. The Bertz CT molecular complexity index is 275. The summed E-state index contributed by atoms with van der Waals surface area (Å²) in [7, 11) is 0. The summed E-state index contributed by atoms with van der Waals surface area (Å²) in [6.07, 6.45) is 0.0841. The summed E-state index contributed by atoms with van der Waals surface area (Å²) in [5.41, 5.74) is 0. The Kier molecular flexibility index (Phi) is 2.07. The Morgan fingerprint density at radius 3 is 2.29 bits per heavy atom. The van der Waals surface area contributed by atoms with Gasteiger partial charge in [0, 0.05) is 6.54 Å². The zero-order chi connectivity index (χ0) is 10.3. The minimum Gasteiger partial charge on any atom is -0.480 e. The van der Waals surface area contributed by atoms with E-state index in [0.29, 0.717) is 26.1 Å². The molecule has 2 heterocycles. The second-order valence-corrected chi connectivity index (χ2v) is 3.68. The van der Waals surface area contributed by atoms with E-state index in [0.717, 1.165) is 0 Å². The third kappa shape index (κ3) is 1.31. The van der Waals surface area contributed by atoms with E-state index < -0.39 is 18.1 Å². The molecule has 0 aromatic carbocycles. The molecule has 1 atom stereocenters. The van der Waals surface area contributed by atoms with Crippen LogP contribution >= 0.6 is 0 Å². The number of aliphatic hydroxyl groups excluding tert-OH is 1. The van der Waals surface area contributed by atoms with Crippen molar-refractivity contribution in [1.29, 1.82) is 0 Å². The van der Waals surface area contributed by atoms with Gasteiger partial charge in [0.1, 0.15) is 6.04 Å². The first kappa shape index (κ1) is 9.26. The number of carboxylic acid groups (broad SMARTS) is 1. The molecule has 78 valence electrons. The highest BCUT2D eigenvalue weighted by Gasteiger charge is 2.42. The van der Waals surface area contributed by atoms with Crippen LogP contribution in [-0.2, 0) is 4.79 Å². The molecule has 0 radical (unpaired) electrons. The average Bonchev–Trinajstić information content (AvgIpc) is 1.94. The van der Waals surface area contributed by atoms with Gasteiger partial charge in [0.25, 0.3) is 0 Å². The van der Waals surface area contributed by atoms with Gasteiger partial charge in [-0.15, -0.1) is 0 Å². The van der Waals surface area contributed by atoms with Crippen LogP contribution in [0.2, 0.25) is 0 Å². The lowest BCUT2D eigenvalue weighted by Crippen LogP contribution is -2.64. The molecule has 0 aromatic heterocycles. The molecular formula is C8H12N2O4. The quantitative estimate of drug-likeness (QED) is 0.565. The van der Waals surface area contributed by atoms with Crippen molar-refractivity contribution in [2.45, 2.75) is 18.6 Å². The van der Waals surface area contributed by atoms with Gasteiger partial charge in [-0.25, -0.2) is 9.59 Å². The molecule has 2 saturated heterocycles. The number of β-amino-alcohol motifs (C(OH)–C–C–N with tert-alkyl or cyclic N) is 1. The van der Waals surface area contributed by atoms with Gasteiger partial charge in [-0.1, -0.05) is 0 Å². The molecule has 0 spiro atoms. The van der Waals surface area contributed by atoms with Crippen LogP contribution in [0.4, 0.5) is 4.79 Å². The Balaban J connectivity index is 1.90. The number of carbonyl (C=O) groups excluding carboxylic acids is 1. The molecule has 2 aliphatic rings. The van der Waals surface area contributed by atoms with Crippen molar-refractivity contribution in [3.05, 3.63) is 0 Å². The van der Waals surface area contributed by atoms with Gasteiger partial charge < -0.3 is 20.0 Å². The maximum Gasteiger partial charge on any atom is 0.326 e. The van der Waals surface area contributed by atoms with Crippen molar-refractivity contribution in [3.63, 3.8) is 0 Å². The number of aliphatic carboxylic acids is 1. The highest BCUT2D eigenvalue weighted by atomic mass is 16.4. The molecule has 0 aliphatic carbocycles.